The van der Waals surface area contributed by atoms with Gasteiger partial charge in [0.1, 0.15) is 6.54 Å². The Hall–Kier alpha value is -0.750. The largest absolute Gasteiger partial charge is 0.390 e. The van der Waals surface area contributed by atoms with Crippen molar-refractivity contribution in [2.75, 3.05) is 31.3 Å². The number of aliphatic hydroxyl groups is 1. The lowest BCUT2D eigenvalue weighted by molar-refractivity contribution is -0.140. The molecule has 0 unspecified atom stereocenters. The lowest BCUT2D eigenvalue weighted by Crippen LogP contribution is -2.48. The van der Waals surface area contributed by atoms with Gasteiger partial charge in [0, 0.05) is 13.1 Å². The van der Waals surface area contributed by atoms with E-state index in [1.54, 1.807) is 28.5 Å². The van der Waals surface area contributed by atoms with E-state index in [0.29, 0.717) is 37.6 Å². The molecule has 2 saturated heterocycles. The highest BCUT2D eigenvalue weighted by molar-refractivity contribution is 8.00. The molecule has 2 amide bonds. The summed E-state index contributed by atoms with van der Waals surface area (Å²) in [5, 5.41) is 9.79. The Kier molecular flexibility index (Phi) is 3.63. The summed E-state index contributed by atoms with van der Waals surface area (Å²) in [6, 6.07) is 0. The van der Waals surface area contributed by atoms with E-state index >= 15 is 0 Å². The van der Waals surface area contributed by atoms with E-state index in [1.165, 1.54) is 0 Å². The highest BCUT2D eigenvalue weighted by Crippen LogP contribution is 2.22. The van der Waals surface area contributed by atoms with Crippen LogP contribution in [0.5, 0.6) is 0 Å². The summed E-state index contributed by atoms with van der Waals surface area (Å²) in [6.45, 7) is 3.16. The minimum Gasteiger partial charge on any atom is -0.390 e. The van der Waals surface area contributed by atoms with Gasteiger partial charge >= 0.3 is 0 Å². The molecule has 0 aromatic rings. The van der Waals surface area contributed by atoms with Gasteiger partial charge in [-0.05, 0) is 19.8 Å². The van der Waals surface area contributed by atoms with Crippen LogP contribution in [0.1, 0.15) is 19.8 Å². The number of hydrogen-bond donors (Lipinski definition) is 1. The van der Waals surface area contributed by atoms with E-state index in [2.05, 4.69) is 0 Å². The summed E-state index contributed by atoms with van der Waals surface area (Å²) in [7, 11) is 0. The summed E-state index contributed by atoms with van der Waals surface area (Å²) >= 11 is 1.54. The molecule has 5 nitrogen and oxygen atoms in total. The predicted molar refractivity (Wildman–Crippen MR) is 65.5 cm³/mol. The second kappa shape index (κ2) is 4.86. The first kappa shape index (κ1) is 12.7. The molecule has 0 bridgehead atoms. The van der Waals surface area contributed by atoms with Crippen molar-refractivity contribution in [1.82, 2.24) is 9.80 Å². The summed E-state index contributed by atoms with van der Waals surface area (Å²) in [6.07, 6.45) is 1.23. The standard InChI is InChI=1S/C11H18N2O3S/c1-11(16)2-4-12(5-3-11)9(14)6-13-8-17-7-10(13)15/h16H,2-8H2,1H3. The number of carbonyl (C=O) groups is 2. The number of nitrogens with zero attached hydrogens (tertiary/aromatic N) is 2. The highest BCUT2D eigenvalue weighted by atomic mass is 32.2. The van der Waals surface area contributed by atoms with Crippen LogP contribution in [0.15, 0.2) is 0 Å². The van der Waals surface area contributed by atoms with Gasteiger partial charge in [0.05, 0.1) is 17.2 Å². The number of likely N-dealkylation sites (tertiary alicyclic amines) is 1. The number of amides is 2. The van der Waals surface area contributed by atoms with Crippen LogP contribution in [0.25, 0.3) is 0 Å². The SMILES string of the molecule is CC1(O)CCN(C(=O)CN2CSCC2=O)CC1. The van der Waals surface area contributed by atoms with Crippen molar-refractivity contribution in [3.05, 3.63) is 0 Å². The van der Waals surface area contributed by atoms with Gasteiger partial charge in [-0.3, -0.25) is 9.59 Å². The monoisotopic (exact) mass is 258 g/mol. The second-order valence-corrected chi connectivity index (χ2v) is 5.90. The van der Waals surface area contributed by atoms with Crippen LogP contribution in [0.4, 0.5) is 0 Å². The smallest absolute Gasteiger partial charge is 0.242 e. The van der Waals surface area contributed by atoms with Gasteiger partial charge in [-0.2, -0.15) is 0 Å². The molecule has 0 aromatic carbocycles. The molecular weight excluding hydrogens is 240 g/mol. The highest BCUT2D eigenvalue weighted by Gasteiger charge is 2.31. The normalized spacial score (nSPS) is 24.2. The van der Waals surface area contributed by atoms with Crippen LogP contribution >= 0.6 is 11.8 Å². The second-order valence-electron chi connectivity index (χ2n) is 4.95. The molecule has 1 N–H and O–H groups in total. The van der Waals surface area contributed by atoms with Crippen molar-refractivity contribution in [2.45, 2.75) is 25.4 Å². The Labute approximate surface area is 105 Å². The van der Waals surface area contributed by atoms with Gasteiger partial charge in [0.2, 0.25) is 11.8 Å². The van der Waals surface area contributed by atoms with Crippen molar-refractivity contribution in [1.29, 1.82) is 0 Å². The third-order valence-corrected chi connectivity index (χ3v) is 4.29. The summed E-state index contributed by atoms with van der Waals surface area (Å²) in [4.78, 5) is 26.7. The minimum atomic E-state index is -0.643. The van der Waals surface area contributed by atoms with E-state index < -0.39 is 5.60 Å². The van der Waals surface area contributed by atoms with Gasteiger partial charge in [0.15, 0.2) is 0 Å². The fourth-order valence-electron chi connectivity index (χ4n) is 2.04. The molecule has 2 aliphatic rings. The molecule has 0 aliphatic carbocycles. The summed E-state index contributed by atoms with van der Waals surface area (Å²) in [5.74, 6) is 1.15. The summed E-state index contributed by atoms with van der Waals surface area (Å²) in [5.41, 5.74) is -0.643. The Balaban J connectivity index is 1.83. The molecule has 2 aliphatic heterocycles. The van der Waals surface area contributed by atoms with Gasteiger partial charge in [-0.15, -0.1) is 11.8 Å². The van der Waals surface area contributed by atoms with Crippen LogP contribution in [-0.2, 0) is 9.59 Å². The Morgan fingerprint density at radius 1 is 1.47 bits per heavy atom. The van der Waals surface area contributed by atoms with E-state index in [9.17, 15) is 14.7 Å². The first-order valence-corrected chi connectivity index (χ1v) is 6.99. The average molecular weight is 258 g/mol. The molecule has 0 radical (unpaired) electrons. The molecule has 2 heterocycles. The van der Waals surface area contributed by atoms with Gasteiger partial charge in [-0.1, -0.05) is 0 Å². The predicted octanol–water partition coefficient (Wildman–Crippen LogP) is -0.107. The molecule has 0 aromatic heterocycles. The lowest BCUT2D eigenvalue weighted by atomic mass is 9.94. The van der Waals surface area contributed by atoms with E-state index in [-0.39, 0.29) is 18.4 Å². The number of rotatable bonds is 2. The average Bonchev–Trinajstić information content (AvgIpc) is 2.64. The maximum atomic E-state index is 12.0. The van der Waals surface area contributed by atoms with Crippen LogP contribution in [0.3, 0.4) is 0 Å². The first-order valence-electron chi connectivity index (χ1n) is 5.84. The van der Waals surface area contributed by atoms with Crippen molar-refractivity contribution >= 4 is 23.6 Å². The zero-order chi connectivity index (χ0) is 12.5. The van der Waals surface area contributed by atoms with Crippen molar-refractivity contribution in [3.63, 3.8) is 0 Å². The fourth-order valence-corrected chi connectivity index (χ4v) is 2.95. The molecule has 0 saturated carbocycles. The number of thioether (sulfide) groups is 1. The molecular formula is C11H18N2O3S. The maximum absolute atomic E-state index is 12.0. The quantitative estimate of drug-likeness (QED) is 0.751. The lowest BCUT2D eigenvalue weighted by Gasteiger charge is -2.36. The maximum Gasteiger partial charge on any atom is 0.242 e. The van der Waals surface area contributed by atoms with Crippen LogP contribution in [0.2, 0.25) is 0 Å². The van der Waals surface area contributed by atoms with Crippen LogP contribution in [-0.4, -0.2) is 63.6 Å². The number of hydrogen-bond acceptors (Lipinski definition) is 4. The van der Waals surface area contributed by atoms with E-state index in [1.807, 2.05) is 0 Å². The molecule has 2 rings (SSSR count). The zero-order valence-electron chi connectivity index (χ0n) is 10.0. The van der Waals surface area contributed by atoms with Gasteiger partial charge in [0.25, 0.3) is 0 Å². The molecule has 0 atom stereocenters. The zero-order valence-corrected chi connectivity index (χ0v) is 10.8. The summed E-state index contributed by atoms with van der Waals surface area (Å²) < 4.78 is 0. The van der Waals surface area contributed by atoms with E-state index in [4.69, 9.17) is 0 Å². The first-order chi connectivity index (χ1) is 7.98. The molecule has 2 fully saturated rings. The van der Waals surface area contributed by atoms with Gasteiger partial charge < -0.3 is 14.9 Å². The van der Waals surface area contributed by atoms with Crippen LogP contribution < -0.4 is 0 Å². The van der Waals surface area contributed by atoms with E-state index in [0.717, 1.165) is 0 Å². The van der Waals surface area contributed by atoms with Gasteiger partial charge in [-0.25, -0.2) is 0 Å². The fraction of sp³-hybridized carbons (Fsp3) is 0.818. The van der Waals surface area contributed by atoms with Crippen molar-refractivity contribution in [2.24, 2.45) is 0 Å². The number of carbonyl (C=O) groups excluding carboxylic acids is 2. The topological polar surface area (TPSA) is 60.9 Å². The Bertz CT molecular complexity index is 323. The Morgan fingerprint density at radius 2 is 2.12 bits per heavy atom. The molecule has 6 heteroatoms. The third kappa shape index (κ3) is 3.13. The van der Waals surface area contributed by atoms with Crippen molar-refractivity contribution in [3.8, 4) is 0 Å². The molecule has 96 valence electrons. The van der Waals surface area contributed by atoms with Crippen molar-refractivity contribution < 1.29 is 14.7 Å². The molecule has 17 heavy (non-hydrogen) atoms. The minimum absolute atomic E-state index is 0.00338. The Morgan fingerprint density at radius 3 is 2.65 bits per heavy atom. The third-order valence-electron chi connectivity index (χ3n) is 3.34. The number of piperidine rings is 1. The molecule has 0 spiro atoms. The van der Waals surface area contributed by atoms with Crippen LogP contribution in [0, 0.1) is 0 Å².